The molecular formula is C32H42MgO14S2. The van der Waals surface area contributed by atoms with Crippen LogP contribution in [0.3, 0.4) is 0 Å². The summed E-state index contributed by atoms with van der Waals surface area (Å²) in [5.74, 6) is -3.33. The average Bonchev–Trinajstić information content (AvgIpc) is 3.04. The van der Waals surface area contributed by atoms with Crippen molar-refractivity contribution in [1.82, 2.24) is 0 Å². The molecule has 0 saturated heterocycles. The van der Waals surface area contributed by atoms with Crippen LogP contribution >= 0.6 is 0 Å². The standard InChI is InChI=1S/2C16H22O7S.Mg/c2*1-3-5-9-22-15(17)12-7-8-13(14(11-12)24(19,20)21)16(18)23-10-6-4-2;/h2*7-8,11H,3-6,9-10H2,1-2H3,(H,19,20,21);/q;;+2/p-2. The van der Waals surface area contributed by atoms with Crippen LogP contribution in [-0.4, -0.2) is 99.3 Å². The third-order valence-corrected chi connectivity index (χ3v) is 8.09. The van der Waals surface area contributed by atoms with Crippen LogP contribution in [0.2, 0.25) is 0 Å². The average molecular weight is 739 g/mol. The van der Waals surface area contributed by atoms with Gasteiger partial charge in [-0.25, -0.2) is 36.0 Å². The Morgan fingerprint density at radius 1 is 0.510 bits per heavy atom. The van der Waals surface area contributed by atoms with Crippen molar-refractivity contribution in [3.05, 3.63) is 58.7 Å². The van der Waals surface area contributed by atoms with Gasteiger partial charge >= 0.3 is 46.9 Å². The maximum absolute atomic E-state index is 11.9. The maximum atomic E-state index is 11.9. The first-order valence-corrected chi connectivity index (χ1v) is 18.3. The quantitative estimate of drug-likeness (QED) is 0.0669. The monoisotopic (exact) mass is 738 g/mol. The van der Waals surface area contributed by atoms with E-state index in [0.717, 1.165) is 49.9 Å². The second kappa shape index (κ2) is 23.3. The van der Waals surface area contributed by atoms with Gasteiger partial charge in [-0.05, 0) is 62.1 Å². The number of carbonyl (C=O) groups excluding carboxylic acids is 4. The zero-order chi connectivity index (χ0) is 36.3. The molecule has 14 nitrogen and oxygen atoms in total. The van der Waals surface area contributed by atoms with Crippen LogP contribution in [0, 0.1) is 0 Å². The Morgan fingerprint density at radius 3 is 1.02 bits per heavy atom. The summed E-state index contributed by atoms with van der Waals surface area (Å²) in [7, 11) is -9.90. The van der Waals surface area contributed by atoms with E-state index in [9.17, 15) is 45.1 Å². The number of hydrogen-bond donors (Lipinski definition) is 0. The van der Waals surface area contributed by atoms with Gasteiger partial charge in [0.05, 0.1) is 58.5 Å². The molecule has 0 bridgehead atoms. The number of unbranched alkanes of at least 4 members (excludes halogenated alkanes) is 4. The summed E-state index contributed by atoms with van der Waals surface area (Å²) in [6, 6.07) is 6.36. The summed E-state index contributed by atoms with van der Waals surface area (Å²) in [5.41, 5.74) is -0.978. The largest absolute Gasteiger partial charge is 2.00 e. The molecule has 0 radical (unpaired) electrons. The number of rotatable bonds is 18. The van der Waals surface area contributed by atoms with Gasteiger partial charge in [0.15, 0.2) is 0 Å². The number of ether oxygens (including phenoxy) is 4. The van der Waals surface area contributed by atoms with Crippen molar-refractivity contribution in [2.24, 2.45) is 0 Å². The van der Waals surface area contributed by atoms with E-state index >= 15 is 0 Å². The molecule has 0 unspecified atom stereocenters. The van der Waals surface area contributed by atoms with Crippen molar-refractivity contribution in [2.75, 3.05) is 26.4 Å². The topological polar surface area (TPSA) is 220 Å². The number of carbonyl (C=O) groups is 4. The predicted octanol–water partition coefficient (Wildman–Crippen LogP) is 4.63. The summed E-state index contributed by atoms with van der Waals surface area (Å²) in [5, 5.41) is 0. The molecule has 0 fully saturated rings. The van der Waals surface area contributed by atoms with Crippen molar-refractivity contribution < 1.29 is 64.1 Å². The van der Waals surface area contributed by atoms with Crippen LogP contribution in [0.5, 0.6) is 0 Å². The molecule has 0 amide bonds. The van der Waals surface area contributed by atoms with Gasteiger partial charge < -0.3 is 28.1 Å². The van der Waals surface area contributed by atoms with Crippen molar-refractivity contribution in [3.8, 4) is 0 Å². The molecule has 0 aliphatic rings. The smallest absolute Gasteiger partial charge is 0.744 e. The SMILES string of the molecule is CCCCOC(=O)c1ccc(C(=O)OCCCC)c(S(=O)(=O)[O-])c1.CCCCOC(=O)c1ccc(C(=O)OCCCC)c(S(=O)(=O)[O-])c1.[Mg+2]. The Labute approximate surface area is 303 Å². The predicted molar refractivity (Wildman–Crippen MR) is 175 cm³/mol. The molecule has 0 aromatic heterocycles. The fraction of sp³-hybridized carbons (Fsp3) is 0.500. The van der Waals surface area contributed by atoms with E-state index in [1.54, 1.807) is 0 Å². The molecular weight excluding hydrogens is 697 g/mol. The number of esters is 4. The van der Waals surface area contributed by atoms with Crippen molar-refractivity contribution >= 4 is 67.2 Å². The normalized spacial score (nSPS) is 10.9. The third kappa shape index (κ3) is 16.4. The fourth-order valence-electron chi connectivity index (χ4n) is 3.61. The van der Waals surface area contributed by atoms with Gasteiger partial charge in [0.1, 0.15) is 20.2 Å². The molecule has 2 aromatic carbocycles. The van der Waals surface area contributed by atoms with Gasteiger partial charge in [-0.15, -0.1) is 0 Å². The van der Waals surface area contributed by atoms with Crippen LogP contribution in [0.1, 0.15) is 120 Å². The van der Waals surface area contributed by atoms with Gasteiger partial charge in [0.25, 0.3) is 0 Å². The van der Waals surface area contributed by atoms with E-state index in [2.05, 4.69) is 0 Å². The Morgan fingerprint density at radius 2 is 0.776 bits per heavy atom. The first-order chi connectivity index (χ1) is 22.6. The van der Waals surface area contributed by atoms with Crippen LogP contribution in [0.4, 0.5) is 0 Å². The zero-order valence-electron chi connectivity index (χ0n) is 28.2. The minimum Gasteiger partial charge on any atom is -0.744 e. The van der Waals surface area contributed by atoms with E-state index in [0.29, 0.717) is 25.7 Å². The van der Waals surface area contributed by atoms with Crippen LogP contribution in [0.15, 0.2) is 46.2 Å². The Hall–Kier alpha value is -3.09. The van der Waals surface area contributed by atoms with Crippen LogP contribution in [0.25, 0.3) is 0 Å². The van der Waals surface area contributed by atoms with Crippen molar-refractivity contribution in [1.29, 1.82) is 0 Å². The molecule has 49 heavy (non-hydrogen) atoms. The molecule has 268 valence electrons. The van der Waals surface area contributed by atoms with E-state index in [1.165, 1.54) is 12.1 Å². The van der Waals surface area contributed by atoms with Crippen molar-refractivity contribution in [2.45, 2.75) is 88.9 Å². The van der Waals surface area contributed by atoms with Crippen LogP contribution in [-0.2, 0) is 39.2 Å². The summed E-state index contributed by atoms with van der Waals surface area (Å²) < 4.78 is 88.2. The van der Waals surface area contributed by atoms with Gasteiger partial charge in [-0.3, -0.25) is 0 Å². The zero-order valence-corrected chi connectivity index (χ0v) is 31.2. The van der Waals surface area contributed by atoms with Crippen molar-refractivity contribution in [3.63, 3.8) is 0 Å². The molecule has 0 N–H and O–H groups in total. The molecule has 2 rings (SSSR count). The van der Waals surface area contributed by atoms with Crippen LogP contribution < -0.4 is 0 Å². The number of hydrogen-bond acceptors (Lipinski definition) is 14. The summed E-state index contributed by atoms with van der Waals surface area (Å²) in [4.78, 5) is 46.0. The minimum absolute atomic E-state index is 0. The molecule has 0 aliphatic carbocycles. The summed E-state index contributed by atoms with van der Waals surface area (Å²) in [6.07, 6.45) is 5.82. The molecule has 17 heteroatoms. The Balaban J connectivity index is 0.000000922. The van der Waals surface area contributed by atoms with E-state index < -0.39 is 53.9 Å². The maximum Gasteiger partial charge on any atom is 2.00 e. The minimum atomic E-state index is -4.95. The van der Waals surface area contributed by atoms with Gasteiger partial charge in [-0.2, -0.15) is 0 Å². The second-order valence-electron chi connectivity index (χ2n) is 10.3. The molecule has 0 aliphatic heterocycles. The molecule has 0 saturated carbocycles. The summed E-state index contributed by atoms with van der Waals surface area (Å²) in [6.45, 7) is 8.28. The summed E-state index contributed by atoms with van der Waals surface area (Å²) >= 11 is 0. The molecule has 2 aromatic rings. The van der Waals surface area contributed by atoms with Gasteiger partial charge in [0.2, 0.25) is 0 Å². The molecule has 0 atom stereocenters. The molecule has 0 heterocycles. The molecule has 0 spiro atoms. The first-order valence-electron chi connectivity index (χ1n) is 15.5. The van der Waals surface area contributed by atoms with Gasteiger partial charge in [0, 0.05) is 0 Å². The van der Waals surface area contributed by atoms with E-state index in [-0.39, 0.29) is 71.7 Å². The van der Waals surface area contributed by atoms with Gasteiger partial charge in [-0.1, -0.05) is 53.4 Å². The second-order valence-corrected chi connectivity index (χ2v) is 13.0. The fourth-order valence-corrected chi connectivity index (χ4v) is 4.99. The first kappa shape index (κ1) is 45.9. The Bertz CT molecular complexity index is 1490. The van der Waals surface area contributed by atoms with E-state index in [1.807, 2.05) is 27.7 Å². The Kier molecular flexibility index (Phi) is 21.9. The van der Waals surface area contributed by atoms with E-state index in [4.69, 9.17) is 18.9 Å². The third-order valence-electron chi connectivity index (χ3n) is 6.34. The number of benzene rings is 2.